The Hall–Kier alpha value is -3.26. The fourth-order valence-electron chi connectivity index (χ4n) is 4.61. The normalized spacial score (nSPS) is 17.4. The molecule has 1 aliphatic carbocycles. The summed E-state index contributed by atoms with van der Waals surface area (Å²) in [6.45, 7) is 9.36. The molecule has 0 fully saturated rings. The number of cyclic esters (lactones) is 1. The molecule has 1 unspecified atom stereocenters. The van der Waals surface area contributed by atoms with Gasteiger partial charge in [0.25, 0.3) is 0 Å². The molecule has 1 atom stereocenters. The predicted octanol–water partition coefficient (Wildman–Crippen LogP) is 4.93. The molecule has 0 saturated carbocycles. The average Bonchev–Trinajstić information content (AvgIpc) is 3.35. The van der Waals surface area contributed by atoms with E-state index in [0.29, 0.717) is 23.3 Å². The number of esters is 1. The zero-order chi connectivity index (χ0) is 24.6. The average molecular weight is 485 g/mol. The summed E-state index contributed by atoms with van der Waals surface area (Å²) in [4.78, 5) is 12.7. The molecule has 4 rings (SSSR count). The van der Waals surface area contributed by atoms with E-state index in [0.717, 1.165) is 35.1 Å². The zero-order valence-electron chi connectivity index (χ0n) is 19.8. The Balaban J connectivity index is 1.88. The first kappa shape index (κ1) is 23.9. The lowest BCUT2D eigenvalue weighted by molar-refractivity contribution is 0.0533. The van der Waals surface area contributed by atoms with Gasteiger partial charge < -0.3 is 18.4 Å². The van der Waals surface area contributed by atoms with Gasteiger partial charge in [-0.25, -0.2) is 4.79 Å². The van der Waals surface area contributed by atoms with Crippen molar-refractivity contribution in [2.45, 2.75) is 57.6 Å². The standard InChI is InChI=1S/C26H28O7S/c1-6-31-22-12-9-18(16(22)3)13-20-24(30-5)17(4)21-14-32-26(27)23(21)25(20)33-34(28,29)19-10-7-15(2)8-11-19/h6-8,10-11,22H,1,9,12-14H2,2-5H3. The molecule has 8 heteroatoms. The largest absolute Gasteiger partial charge is 0.496 e. The molecule has 7 nitrogen and oxygen atoms in total. The zero-order valence-corrected chi connectivity index (χ0v) is 20.6. The van der Waals surface area contributed by atoms with Crippen molar-refractivity contribution in [3.05, 3.63) is 76.1 Å². The van der Waals surface area contributed by atoms with Crippen molar-refractivity contribution in [1.29, 1.82) is 0 Å². The SMILES string of the molecule is C=COC1CCC(Cc2c(OC)c(C)c3c(c2OS(=O)(=O)c2ccc(C)cc2)C(=O)OC3)=C1C. The number of carbonyl (C=O) groups excluding carboxylic acids is 1. The van der Waals surface area contributed by atoms with E-state index in [9.17, 15) is 13.2 Å². The predicted molar refractivity (Wildman–Crippen MR) is 127 cm³/mol. The molecule has 0 saturated heterocycles. The minimum absolute atomic E-state index is 0.000541. The highest BCUT2D eigenvalue weighted by molar-refractivity contribution is 7.87. The fourth-order valence-corrected chi connectivity index (χ4v) is 5.58. The second-order valence-corrected chi connectivity index (χ2v) is 10.1. The van der Waals surface area contributed by atoms with E-state index >= 15 is 0 Å². The second-order valence-electron chi connectivity index (χ2n) is 8.54. The molecule has 180 valence electrons. The molecular formula is C26H28O7S. The van der Waals surface area contributed by atoms with Crippen LogP contribution in [-0.4, -0.2) is 27.6 Å². The number of hydrogen-bond acceptors (Lipinski definition) is 7. The number of aryl methyl sites for hydroxylation is 1. The van der Waals surface area contributed by atoms with E-state index in [4.69, 9.17) is 18.4 Å². The lowest BCUT2D eigenvalue weighted by Crippen LogP contribution is -2.15. The third-order valence-electron chi connectivity index (χ3n) is 6.53. The molecule has 2 aromatic carbocycles. The van der Waals surface area contributed by atoms with Gasteiger partial charge in [0.1, 0.15) is 28.9 Å². The van der Waals surface area contributed by atoms with Gasteiger partial charge in [0.05, 0.1) is 13.4 Å². The van der Waals surface area contributed by atoms with Gasteiger partial charge in [-0.2, -0.15) is 8.42 Å². The van der Waals surface area contributed by atoms with Crippen molar-refractivity contribution in [2.75, 3.05) is 7.11 Å². The lowest BCUT2D eigenvalue weighted by Gasteiger charge is -2.20. The van der Waals surface area contributed by atoms with Crippen LogP contribution in [-0.2, 0) is 32.6 Å². The molecule has 2 aromatic rings. The van der Waals surface area contributed by atoms with Crippen molar-refractivity contribution in [1.82, 2.24) is 0 Å². The minimum Gasteiger partial charge on any atom is -0.496 e. The minimum atomic E-state index is -4.22. The van der Waals surface area contributed by atoms with E-state index in [1.807, 2.05) is 20.8 Å². The number of carbonyl (C=O) groups is 1. The first-order valence-corrected chi connectivity index (χ1v) is 12.4. The fraction of sp³-hybridized carbons (Fsp3) is 0.346. The van der Waals surface area contributed by atoms with Gasteiger partial charge >= 0.3 is 16.1 Å². The highest BCUT2D eigenvalue weighted by Crippen LogP contribution is 2.45. The van der Waals surface area contributed by atoms with Crippen molar-refractivity contribution in [3.8, 4) is 11.5 Å². The summed E-state index contributed by atoms with van der Waals surface area (Å²) < 4.78 is 48.8. The molecule has 1 heterocycles. The number of ether oxygens (including phenoxy) is 3. The van der Waals surface area contributed by atoms with Crippen LogP contribution in [0.3, 0.4) is 0 Å². The van der Waals surface area contributed by atoms with Crippen LogP contribution >= 0.6 is 0 Å². The summed E-state index contributed by atoms with van der Waals surface area (Å²) >= 11 is 0. The Morgan fingerprint density at radius 2 is 1.85 bits per heavy atom. The first-order chi connectivity index (χ1) is 16.2. The molecule has 0 N–H and O–H groups in total. The molecule has 2 aliphatic rings. The second kappa shape index (κ2) is 9.18. The number of allylic oxidation sites excluding steroid dienone is 1. The van der Waals surface area contributed by atoms with Gasteiger partial charge in [0, 0.05) is 17.5 Å². The van der Waals surface area contributed by atoms with Crippen LogP contribution in [0, 0.1) is 13.8 Å². The van der Waals surface area contributed by atoms with Gasteiger partial charge in [-0.15, -0.1) is 0 Å². The van der Waals surface area contributed by atoms with Crippen LogP contribution in [0.1, 0.15) is 52.4 Å². The van der Waals surface area contributed by atoms with Gasteiger partial charge in [-0.05, 0) is 56.9 Å². The molecule has 0 aromatic heterocycles. The van der Waals surface area contributed by atoms with Crippen molar-refractivity contribution in [2.24, 2.45) is 0 Å². The van der Waals surface area contributed by atoms with E-state index in [1.54, 1.807) is 12.1 Å². The van der Waals surface area contributed by atoms with Gasteiger partial charge in [0.15, 0.2) is 5.75 Å². The summed E-state index contributed by atoms with van der Waals surface area (Å²) in [7, 11) is -2.70. The third-order valence-corrected chi connectivity index (χ3v) is 7.76. The maximum absolute atomic E-state index is 13.2. The first-order valence-electron chi connectivity index (χ1n) is 11.0. The van der Waals surface area contributed by atoms with Crippen LogP contribution in [0.2, 0.25) is 0 Å². The lowest BCUT2D eigenvalue weighted by atomic mass is 9.92. The number of benzene rings is 2. The highest BCUT2D eigenvalue weighted by atomic mass is 32.2. The van der Waals surface area contributed by atoms with Crippen LogP contribution in [0.5, 0.6) is 11.5 Å². The number of rotatable bonds is 8. The van der Waals surface area contributed by atoms with Crippen LogP contribution in [0.4, 0.5) is 0 Å². The summed E-state index contributed by atoms with van der Waals surface area (Å²) in [6.07, 6.45) is 3.25. The molecule has 0 radical (unpaired) electrons. The molecule has 0 spiro atoms. The van der Waals surface area contributed by atoms with Crippen LogP contribution < -0.4 is 8.92 Å². The molecule has 0 bridgehead atoms. The summed E-state index contributed by atoms with van der Waals surface area (Å²) in [5, 5.41) is 0. The Labute approximate surface area is 200 Å². The Bertz CT molecular complexity index is 1290. The van der Waals surface area contributed by atoms with Crippen molar-refractivity contribution in [3.63, 3.8) is 0 Å². The van der Waals surface area contributed by atoms with Crippen LogP contribution in [0.15, 0.2) is 53.1 Å². The summed E-state index contributed by atoms with van der Waals surface area (Å²) in [5.41, 5.74) is 4.99. The molecule has 34 heavy (non-hydrogen) atoms. The summed E-state index contributed by atoms with van der Waals surface area (Å²) in [6, 6.07) is 6.35. The Kier molecular flexibility index (Phi) is 6.45. The van der Waals surface area contributed by atoms with Crippen molar-refractivity contribution < 1.29 is 31.6 Å². The van der Waals surface area contributed by atoms with Crippen LogP contribution in [0.25, 0.3) is 0 Å². The monoisotopic (exact) mass is 484 g/mol. The summed E-state index contributed by atoms with van der Waals surface area (Å²) in [5.74, 6) is -0.158. The maximum Gasteiger partial charge on any atom is 0.342 e. The molecule has 1 aliphatic heterocycles. The van der Waals surface area contributed by atoms with Crippen molar-refractivity contribution >= 4 is 16.1 Å². The maximum atomic E-state index is 13.2. The molecule has 0 amide bonds. The van der Waals surface area contributed by atoms with E-state index < -0.39 is 16.1 Å². The number of methoxy groups -OCH3 is 1. The quantitative estimate of drug-likeness (QED) is 0.227. The Morgan fingerprint density at radius 1 is 1.15 bits per heavy atom. The number of fused-ring (bicyclic) bond motifs is 1. The smallest absolute Gasteiger partial charge is 0.342 e. The van der Waals surface area contributed by atoms with Gasteiger partial charge in [-0.1, -0.05) is 29.8 Å². The van der Waals surface area contributed by atoms with Gasteiger partial charge in [-0.3, -0.25) is 0 Å². The molecular weight excluding hydrogens is 456 g/mol. The topological polar surface area (TPSA) is 88.1 Å². The Morgan fingerprint density at radius 3 is 2.50 bits per heavy atom. The van der Waals surface area contributed by atoms with E-state index in [1.165, 1.54) is 25.5 Å². The van der Waals surface area contributed by atoms with E-state index in [2.05, 4.69) is 6.58 Å². The van der Waals surface area contributed by atoms with E-state index in [-0.39, 0.29) is 28.9 Å². The third kappa shape index (κ3) is 4.18. The van der Waals surface area contributed by atoms with Gasteiger partial charge in [0.2, 0.25) is 0 Å². The highest BCUT2D eigenvalue weighted by Gasteiger charge is 2.36. The number of hydrogen-bond donors (Lipinski definition) is 0.